The lowest BCUT2D eigenvalue weighted by Gasteiger charge is -2.29. The minimum atomic E-state index is -1.05. The summed E-state index contributed by atoms with van der Waals surface area (Å²) in [5, 5.41) is -0.103. The van der Waals surface area contributed by atoms with Gasteiger partial charge in [0.05, 0.1) is 47.4 Å². The summed E-state index contributed by atoms with van der Waals surface area (Å²) >= 11 is 31.0. The average Bonchev–Trinajstić information content (AvgIpc) is 3.27. The minimum absolute atomic E-state index is 0.00768. The maximum atomic E-state index is 13.7. The topological polar surface area (TPSA) is 101 Å². The van der Waals surface area contributed by atoms with Gasteiger partial charge in [0.15, 0.2) is 5.78 Å². The van der Waals surface area contributed by atoms with Crippen LogP contribution in [0.2, 0.25) is 25.1 Å². The van der Waals surface area contributed by atoms with Crippen LogP contribution >= 0.6 is 58.0 Å². The summed E-state index contributed by atoms with van der Waals surface area (Å²) in [6.45, 7) is -0.782. The molecule has 216 valence electrons. The molecule has 4 aromatic carbocycles. The number of hydrogen-bond acceptors (Lipinski definition) is 6. The van der Waals surface area contributed by atoms with Gasteiger partial charge in [-0.3, -0.25) is 19.2 Å². The van der Waals surface area contributed by atoms with Crippen molar-refractivity contribution >= 4 is 87.5 Å². The molecule has 5 rings (SSSR count). The largest absolute Gasteiger partial charge is 0.423 e. The second-order valence-electron chi connectivity index (χ2n) is 8.97. The Morgan fingerprint density at radius 2 is 1.19 bits per heavy atom. The second kappa shape index (κ2) is 12.4. The van der Waals surface area contributed by atoms with Crippen molar-refractivity contribution in [1.82, 2.24) is 10.0 Å². The number of halogens is 5. The van der Waals surface area contributed by atoms with Crippen molar-refractivity contribution in [3.8, 4) is 5.75 Å². The molecule has 0 spiro atoms. The first-order valence-corrected chi connectivity index (χ1v) is 14.1. The number of ketones is 1. The molecule has 0 unspecified atom stereocenters. The summed E-state index contributed by atoms with van der Waals surface area (Å²) in [7, 11) is 0. The Hall–Kier alpha value is -3.92. The average molecular weight is 677 g/mol. The number of imide groups is 1. The van der Waals surface area contributed by atoms with Gasteiger partial charge in [-0.25, -0.2) is 9.80 Å². The van der Waals surface area contributed by atoms with E-state index < -0.39 is 36.0 Å². The van der Waals surface area contributed by atoms with Gasteiger partial charge in [0, 0.05) is 5.56 Å². The molecule has 0 aromatic heterocycles. The van der Waals surface area contributed by atoms with Crippen LogP contribution in [0.25, 0.3) is 0 Å². The van der Waals surface area contributed by atoms with Crippen molar-refractivity contribution in [3.05, 3.63) is 132 Å². The van der Waals surface area contributed by atoms with Crippen molar-refractivity contribution in [2.75, 3.05) is 6.54 Å². The van der Waals surface area contributed by atoms with Gasteiger partial charge in [0.25, 0.3) is 17.7 Å². The van der Waals surface area contributed by atoms with Crippen LogP contribution in [0.4, 0.5) is 0 Å². The lowest BCUT2D eigenvalue weighted by Crippen LogP contribution is -2.51. The van der Waals surface area contributed by atoms with E-state index in [4.69, 9.17) is 62.7 Å². The minimum Gasteiger partial charge on any atom is -0.423 e. The first kappa shape index (κ1) is 30.5. The smallest absolute Gasteiger partial charge is 0.343 e. The van der Waals surface area contributed by atoms with Crippen molar-refractivity contribution in [1.29, 1.82) is 0 Å². The van der Waals surface area contributed by atoms with Crippen LogP contribution in [-0.4, -0.2) is 46.0 Å². The lowest BCUT2D eigenvalue weighted by molar-refractivity contribution is 0.00532. The highest BCUT2D eigenvalue weighted by molar-refractivity contribution is 6.55. The highest BCUT2D eigenvalue weighted by Crippen LogP contribution is 2.45. The fourth-order valence-electron chi connectivity index (χ4n) is 4.24. The van der Waals surface area contributed by atoms with E-state index in [1.807, 2.05) is 0 Å². The van der Waals surface area contributed by atoms with Gasteiger partial charge in [-0.15, -0.1) is 0 Å². The molecule has 0 aliphatic carbocycles. The third-order valence-corrected chi connectivity index (χ3v) is 8.48. The number of benzene rings is 4. The van der Waals surface area contributed by atoms with Gasteiger partial charge in [0.2, 0.25) is 0 Å². The van der Waals surface area contributed by atoms with Gasteiger partial charge < -0.3 is 4.74 Å². The Kier molecular flexibility index (Phi) is 8.78. The number of Topliss-reactive ketones (excluding diaryl/α,β-unsaturated/α-hetero) is 1. The van der Waals surface area contributed by atoms with Gasteiger partial charge in [-0.05, 0) is 48.5 Å². The van der Waals surface area contributed by atoms with E-state index in [1.54, 1.807) is 36.4 Å². The van der Waals surface area contributed by atoms with Crippen molar-refractivity contribution in [2.45, 2.75) is 0 Å². The molecule has 1 heterocycles. The SMILES string of the molecule is O=C(CN(C(=O)c1ccccc1Cl)N1C(=O)c2c(Cl)c(Cl)c(Cl)c(Cl)c2C1=O)c1ccc(OC(=O)c2ccccc2)cc1. The summed E-state index contributed by atoms with van der Waals surface area (Å²) < 4.78 is 5.34. The summed E-state index contributed by atoms with van der Waals surface area (Å²) in [5.74, 6) is -4.16. The van der Waals surface area contributed by atoms with Crippen LogP contribution in [0.3, 0.4) is 0 Å². The van der Waals surface area contributed by atoms with E-state index >= 15 is 0 Å². The molecule has 0 radical (unpaired) electrons. The zero-order valence-corrected chi connectivity index (χ0v) is 25.2. The molecular formula is C30H15Cl5N2O6. The van der Waals surface area contributed by atoms with Gasteiger partial charge in [-0.2, -0.15) is 5.01 Å². The first-order valence-electron chi connectivity index (χ1n) is 12.2. The molecule has 13 heteroatoms. The van der Waals surface area contributed by atoms with E-state index in [0.29, 0.717) is 15.6 Å². The van der Waals surface area contributed by atoms with Crippen LogP contribution in [0.15, 0.2) is 78.9 Å². The normalized spacial score (nSPS) is 12.3. The number of rotatable bonds is 7. The van der Waals surface area contributed by atoms with Gasteiger partial charge >= 0.3 is 5.97 Å². The number of nitrogens with zero attached hydrogens (tertiary/aromatic N) is 2. The molecular weight excluding hydrogens is 662 g/mol. The van der Waals surface area contributed by atoms with E-state index in [1.165, 1.54) is 42.5 Å². The molecule has 0 fully saturated rings. The Bertz CT molecular complexity index is 1780. The second-order valence-corrected chi connectivity index (χ2v) is 10.9. The zero-order chi connectivity index (χ0) is 31.0. The third kappa shape index (κ3) is 5.72. The number of carbonyl (C=O) groups is 5. The Morgan fingerprint density at radius 1 is 0.651 bits per heavy atom. The maximum Gasteiger partial charge on any atom is 0.343 e. The molecule has 1 aliphatic heterocycles. The summed E-state index contributed by atoms with van der Waals surface area (Å²) in [6.07, 6.45) is 0. The molecule has 0 N–H and O–H groups in total. The number of fused-ring (bicyclic) bond motifs is 1. The molecule has 43 heavy (non-hydrogen) atoms. The highest BCUT2D eigenvalue weighted by Gasteiger charge is 2.46. The lowest BCUT2D eigenvalue weighted by atomic mass is 10.1. The molecule has 4 aromatic rings. The van der Waals surface area contributed by atoms with Crippen LogP contribution < -0.4 is 4.74 Å². The fourth-order valence-corrected chi connectivity index (χ4v) is 5.47. The predicted octanol–water partition coefficient (Wildman–Crippen LogP) is 7.71. The quantitative estimate of drug-likeness (QED) is 0.0497. The Morgan fingerprint density at radius 3 is 1.74 bits per heavy atom. The zero-order valence-electron chi connectivity index (χ0n) is 21.4. The van der Waals surface area contributed by atoms with Crippen LogP contribution in [0.1, 0.15) is 51.8 Å². The summed E-state index contributed by atoms with van der Waals surface area (Å²) in [6, 6.07) is 19.7. The molecule has 0 atom stereocenters. The van der Waals surface area contributed by atoms with E-state index in [2.05, 4.69) is 0 Å². The summed E-state index contributed by atoms with van der Waals surface area (Å²) in [5.41, 5.74) is -0.430. The molecule has 0 saturated carbocycles. The molecule has 0 bridgehead atoms. The summed E-state index contributed by atoms with van der Waals surface area (Å²) in [4.78, 5) is 66.7. The van der Waals surface area contributed by atoms with Gasteiger partial charge in [-0.1, -0.05) is 88.3 Å². The Labute approximate surface area is 269 Å². The number of amides is 3. The standard InChI is InChI=1S/C30H15Cl5N2O6/c31-19-9-5-4-8-18(19)27(39)36(37-28(40)21-22(29(37)41)24(33)26(35)25(34)23(21)32)14-20(38)15-10-12-17(13-11-15)43-30(42)16-6-2-1-3-7-16/h1-13H,14H2. The fraction of sp³-hybridized carbons (Fsp3) is 0.0333. The van der Waals surface area contributed by atoms with Crippen molar-refractivity contribution < 1.29 is 28.7 Å². The van der Waals surface area contributed by atoms with Crippen LogP contribution in [0.5, 0.6) is 5.75 Å². The monoisotopic (exact) mass is 674 g/mol. The number of hydrazine groups is 1. The van der Waals surface area contributed by atoms with E-state index in [9.17, 15) is 24.0 Å². The van der Waals surface area contributed by atoms with Crippen LogP contribution in [-0.2, 0) is 0 Å². The number of ether oxygens (including phenoxy) is 1. The first-order chi connectivity index (χ1) is 20.5. The third-order valence-electron chi connectivity index (χ3n) is 6.35. The number of hydrogen-bond donors (Lipinski definition) is 0. The van der Waals surface area contributed by atoms with E-state index in [-0.39, 0.29) is 53.1 Å². The highest BCUT2D eigenvalue weighted by atomic mass is 35.5. The molecule has 3 amide bonds. The molecule has 8 nitrogen and oxygen atoms in total. The molecule has 1 aliphatic rings. The molecule has 0 saturated heterocycles. The van der Waals surface area contributed by atoms with Gasteiger partial charge in [0.1, 0.15) is 12.3 Å². The Balaban J connectivity index is 1.47. The van der Waals surface area contributed by atoms with Crippen molar-refractivity contribution in [2.24, 2.45) is 0 Å². The van der Waals surface area contributed by atoms with Crippen LogP contribution in [0, 0.1) is 0 Å². The van der Waals surface area contributed by atoms with Crippen molar-refractivity contribution in [3.63, 3.8) is 0 Å². The predicted molar refractivity (Wildman–Crippen MR) is 162 cm³/mol. The maximum absolute atomic E-state index is 13.7. The number of esters is 1. The van der Waals surface area contributed by atoms with E-state index in [0.717, 1.165) is 0 Å². The number of carbonyl (C=O) groups excluding carboxylic acids is 5.